The molecule has 1 saturated heterocycles. The lowest BCUT2D eigenvalue weighted by Crippen LogP contribution is -2.37. The molecule has 18 heavy (non-hydrogen) atoms. The number of ether oxygens (including phenoxy) is 1. The normalized spacial score (nSPS) is 31.8. The van der Waals surface area contributed by atoms with Crippen LogP contribution in [0, 0.1) is 3.57 Å². The molecule has 0 amide bonds. The van der Waals surface area contributed by atoms with Gasteiger partial charge in [-0.3, -0.25) is 14.3 Å². The molecular formula is C9H10FIN2O5. The summed E-state index contributed by atoms with van der Waals surface area (Å²) in [5, 5.41) is 18.3. The van der Waals surface area contributed by atoms with Crippen molar-refractivity contribution in [1.82, 2.24) is 9.55 Å². The van der Waals surface area contributed by atoms with Crippen LogP contribution in [0.25, 0.3) is 0 Å². The van der Waals surface area contributed by atoms with Crippen LogP contribution in [0.15, 0.2) is 15.8 Å². The van der Waals surface area contributed by atoms with Gasteiger partial charge in [-0.05, 0) is 22.6 Å². The quantitative estimate of drug-likeness (QED) is 0.564. The van der Waals surface area contributed by atoms with Gasteiger partial charge in [-0.2, -0.15) is 0 Å². The van der Waals surface area contributed by atoms with E-state index >= 15 is 0 Å². The molecule has 2 heterocycles. The Morgan fingerprint density at radius 1 is 1.56 bits per heavy atom. The number of rotatable bonds is 2. The molecule has 0 saturated carbocycles. The van der Waals surface area contributed by atoms with Gasteiger partial charge in [0.05, 0.1) is 10.2 Å². The smallest absolute Gasteiger partial charge is 0.330 e. The summed E-state index contributed by atoms with van der Waals surface area (Å²) in [5.74, 6) is 0. The molecule has 0 bridgehead atoms. The summed E-state index contributed by atoms with van der Waals surface area (Å²) in [4.78, 5) is 24.7. The van der Waals surface area contributed by atoms with Gasteiger partial charge in [-0.1, -0.05) is 0 Å². The third-order valence-corrected chi connectivity index (χ3v) is 3.44. The molecule has 4 unspecified atom stereocenters. The first-order valence-electron chi connectivity index (χ1n) is 5.05. The van der Waals surface area contributed by atoms with E-state index in [4.69, 9.17) is 9.84 Å². The van der Waals surface area contributed by atoms with E-state index in [9.17, 15) is 19.1 Å². The van der Waals surface area contributed by atoms with Crippen molar-refractivity contribution < 1.29 is 19.3 Å². The first kappa shape index (κ1) is 13.6. The zero-order valence-corrected chi connectivity index (χ0v) is 11.1. The van der Waals surface area contributed by atoms with Crippen LogP contribution in [0.4, 0.5) is 4.39 Å². The Kier molecular flexibility index (Phi) is 3.84. The molecule has 2 rings (SSSR count). The molecule has 1 aliphatic rings. The molecule has 7 nitrogen and oxygen atoms in total. The van der Waals surface area contributed by atoms with E-state index in [2.05, 4.69) is 0 Å². The Morgan fingerprint density at radius 3 is 2.78 bits per heavy atom. The van der Waals surface area contributed by atoms with E-state index < -0.39 is 42.5 Å². The predicted molar refractivity (Wildman–Crippen MR) is 65.9 cm³/mol. The SMILES string of the molecule is O=c1[nH]c(=O)n(C2OC(CO)C(O)C2F)cc1[124I]. The Labute approximate surface area is 113 Å². The van der Waals surface area contributed by atoms with Crippen LogP contribution in [0.3, 0.4) is 0 Å². The molecule has 4 atom stereocenters. The van der Waals surface area contributed by atoms with E-state index in [0.29, 0.717) is 0 Å². The lowest BCUT2D eigenvalue weighted by molar-refractivity contribution is -0.0492. The maximum Gasteiger partial charge on any atom is 0.330 e. The van der Waals surface area contributed by atoms with Crippen LogP contribution >= 0.6 is 22.6 Å². The number of aromatic amines is 1. The number of hydrogen-bond donors (Lipinski definition) is 3. The fourth-order valence-electron chi connectivity index (χ4n) is 1.73. The van der Waals surface area contributed by atoms with Gasteiger partial charge in [0.25, 0.3) is 5.56 Å². The van der Waals surface area contributed by atoms with Gasteiger partial charge in [0.1, 0.15) is 12.2 Å². The average molecular weight is 369 g/mol. The number of halogens is 2. The Morgan fingerprint density at radius 2 is 2.22 bits per heavy atom. The van der Waals surface area contributed by atoms with Gasteiger partial charge in [0.15, 0.2) is 12.4 Å². The van der Waals surface area contributed by atoms with Gasteiger partial charge in [0.2, 0.25) is 0 Å². The fraction of sp³-hybridized carbons (Fsp3) is 0.556. The van der Waals surface area contributed by atoms with Crippen molar-refractivity contribution in [2.24, 2.45) is 0 Å². The zero-order chi connectivity index (χ0) is 13.4. The van der Waals surface area contributed by atoms with Crippen molar-refractivity contribution >= 4 is 22.6 Å². The van der Waals surface area contributed by atoms with E-state index in [1.54, 1.807) is 22.6 Å². The van der Waals surface area contributed by atoms with Crippen molar-refractivity contribution in [2.45, 2.75) is 24.6 Å². The van der Waals surface area contributed by atoms with Crippen molar-refractivity contribution in [3.8, 4) is 0 Å². The standard InChI is InChI=1S/C9H10FIN2O5/c10-5-6(15)4(2-14)18-8(5)13-1-3(11)7(16)12-9(13)17/h1,4-6,8,14-15H,2H2,(H,12,16,17)/i11-3. The summed E-state index contributed by atoms with van der Waals surface area (Å²) in [5.41, 5.74) is -1.41. The minimum Gasteiger partial charge on any atom is -0.394 e. The summed E-state index contributed by atoms with van der Waals surface area (Å²) in [6.45, 7) is -0.562. The monoisotopic (exact) mass is 369 g/mol. The number of hydrogen-bond acceptors (Lipinski definition) is 5. The van der Waals surface area contributed by atoms with Crippen molar-refractivity contribution in [2.75, 3.05) is 6.61 Å². The largest absolute Gasteiger partial charge is 0.394 e. The number of aliphatic hydroxyl groups excluding tert-OH is 2. The van der Waals surface area contributed by atoms with Crippen LogP contribution in [-0.4, -0.2) is 44.8 Å². The van der Waals surface area contributed by atoms with Crippen LogP contribution in [0.5, 0.6) is 0 Å². The van der Waals surface area contributed by atoms with Gasteiger partial charge in [0, 0.05) is 6.20 Å². The average Bonchev–Trinajstić information content (AvgIpc) is 2.61. The summed E-state index contributed by atoms with van der Waals surface area (Å²) < 4.78 is 19.9. The van der Waals surface area contributed by atoms with Crippen LogP contribution in [0.1, 0.15) is 6.23 Å². The fourth-order valence-corrected chi connectivity index (χ4v) is 2.16. The summed E-state index contributed by atoms with van der Waals surface area (Å²) in [6, 6.07) is 0. The second-order valence-electron chi connectivity index (χ2n) is 3.83. The Balaban J connectivity index is 2.42. The number of aromatic nitrogens is 2. The third kappa shape index (κ3) is 2.22. The highest BCUT2D eigenvalue weighted by Crippen LogP contribution is 2.30. The minimum atomic E-state index is -1.86. The molecular weight excluding hydrogens is 359 g/mol. The second-order valence-corrected chi connectivity index (χ2v) is 4.99. The van der Waals surface area contributed by atoms with Gasteiger partial charge in [-0.25, -0.2) is 9.18 Å². The van der Waals surface area contributed by atoms with Crippen molar-refractivity contribution in [3.63, 3.8) is 0 Å². The highest BCUT2D eigenvalue weighted by Gasteiger charge is 2.45. The van der Waals surface area contributed by atoms with Crippen LogP contribution in [-0.2, 0) is 4.74 Å². The van der Waals surface area contributed by atoms with E-state index in [1.165, 1.54) is 0 Å². The molecule has 3 N–H and O–H groups in total. The maximum absolute atomic E-state index is 13.8. The summed E-state index contributed by atoms with van der Waals surface area (Å²) in [6.07, 6.45) is -4.69. The summed E-state index contributed by atoms with van der Waals surface area (Å²) in [7, 11) is 0. The molecule has 1 aliphatic heterocycles. The van der Waals surface area contributed by atoms with E-state index in [1.807, 2.05) is 4.98 Å². The topological polar surface area (TPSA) is 105 Å². The molecule has 9 heteroatoms. The summed E-state index contributed by atoms with van der Waals surface area (Å²) >= 11 is 1.69. The number of H-pyrrole nitrogens is 1. The van der Waals surface area contributed by atoms with Crippen LogP contribution in [0.2, 0.25) is 0 Å². The van der Waals surface area contributed by atoms with Crippen molar-refractivity contribution in [1.29, 1.82) is 0 Å². The zero-order valence-electron chi connectivity index (χ0n) is 8.92. The van der Waals surface area contributed by atoms with Gasteiger partial charge < -0.3 is 14.9 Å². The lowest BCUT2D eigenvalue weighted by Gasteiger charge is -2.15. The van der Waals surface area contributed by atoms with Gasteiger partial charge in [-0.15, -0.1) is 0 Å². The molecule has 1 fully saturated rings. The van der Waals surface area contributed by atoms with Crippen LogP contribution < -0.4 is 11.2 Å². The minimum absolute atomic E-state index is 0.185. The molecule has 1 aromatic heterocycles. The highest BCUT2D eigenvalue weighted by molar-refractivity contribution is 14.1. The lowest BCUT2D eigenvalue weighted by atomic mass is 10.1. The van der Waals surface area contributed by atoms with Crippen molar-refractivity contribution in [3.05, 3.63) is 30.6 Å². The highest BCUT2D eigenvalue weighted by atomic mass is 124. The molecule has 0 aromatic carbocycles. The molecule has 0 spiro atoms. The molecule has 1 aromatic rings. The Hall–Kier alpha value is -0.780. The number of aliphatic hydroxyl groups is 2. The number of nitrogens with zero attached hydrogens (tertiary/aromatic N) is 1. The van der Waals surface area contributed by atoms with E-state index in [0.717, 1.165) is 10.8 Å². The number of alkyl halides is 1. The molecule has 0 radical (unpaired) electrons. The number of nitrogens with one attached hydrogen (secondary N) is 1. The second kappa shape index (κ2) is 5.07. The first-order valence-corrected chi connectivity index (χ1v) is 6.13. The Bertz CT molecular complexity index is 559. The van der Waals surface area contributed by atoms with Gasteiger partial charge >= 0.3 is 5.69 Å². The third-order valence-electron chi connectivity index (χ3n) is 2.67. The predicted octanol–water partition coefficient (Wildman–Crippen LogP) is -1.27. The first-order chi connectivity index (χ1) is 8.45. The molecule has 0 aliphatic carbocycles. The molecule has 100 valence electrons. The van der Waals surface area contributed by atoms with E-state index in [-0.39, 0.29) is 3.57 Å². The maximum atomic E-state index is 13.8.